The van der Waals surface area contributed by atoms with Crippen LogP contribution >= 0.6 is 0 Å². The number of phenols is 1. The highest BCUT2D eigenvalue weighted by Crippen LogP contribution is 2.45. The Morgan fingerprint density at radius 1 is 1.00 bits per heavy atom. The number of aliphatic hydroxyl groups is 1. The minimum atomic E-state index is -2.16. The first kappa shape index (κ1) is 26.5. The van der Waals surface area contributed by atoms with Crippen LogP contribution in [-0.2, 0) is 11.8 Å². The van der Waals surface area contributed by atoms with Crippen molar-refractivity contribution in [1.29, 1.82) is 0 Å². The summed E-state index contributed by atoms with van der Waals surface area (Å²) >= 11 is 0. The van der Waals surface area contributed by atoms with Crippen molar-refractivity contribution in [2.24, 2.45) is 4.99 Å². The molecule has 0 aliphatic heterocycles. The molecular weight excluding hydrogens is 438 g/mol. The smallest absolute Gasteiger partial charge is 0.258 e. The molecule has 0 heterocycles. The van der Waals surface area contributed by atoms with Crippen molar-refractivity contribution in [3.8, 4) is 11.5 Å². The van der Waals surface area contributed by atoms with Crippen LogP contribution in [0.15, 0.2) is 41.4 Å². The summed E-state index contributed by atoms with van der Waals surface area (Å²) in [6.45, 7) is 20.0. The molecule has 5 heteroatoms. The van der Waals surface area contributed by atoms with Crippen molar-refractivity contribution in [1.82, 2.24) is 0 Å². The van der Waals surface area contributed by atoms with E-state index in [2.05, 4.69) is 62.3 Å². The van der Waals surface area contributed by atoms with Crippen LogP contribution in [0.5, 0.6) is 11.5 Å². The van der Waals surface area contributed by atoms with E-state index in [1.54, 1.807) is 6.21 Å². The van der Waals surface area contributed by atoms with Gasteiger partial charge >= 0.3 is 0 Å². The van der Waals surface area contributed by atoms with Crippen molar-refractivity contribution >= 4 is 14.5 Å². The van der Waals surface area contributed by atoms with Crippen molar-refractivity contribution in [3.05, 3.63) is 58.7 Å². The van der Waals surface area contributed by atoms with Gasteiger partial charge in [-0.05, 0) is 45.3 Å². The number of rotatable bonds is 7. The quantitative estimate of drug-likeness (QED) is 0.322. The van der Waals surface area contributed by atoms with Gasteiger partial charge in [-0.25, -0.2) is 0 Å². The minimum Gasteiger partial charge on any atom is -0.543 e. The molecule has 1 aliphatic carbocycles. The van der Waals surface area contributed by atoms with Crippen LogP contribution in [-0.4, -0.2) is 30.8 Å². The molecule has 2 aromatic carbocycles. The summed E-state index contributed by atoms with van der Waals surface area (Å²) in [5.74, 6) is 1.04. The van der Waals surface area contributed by atoms with Crippen LogP contribution < -0.4 is 4.43 Å². The molecule has 2 N–H and O–H groups in total. The lowest BCUT2D eigenvalue weighted by Crippen LogP contribution is -2.50. The molecule has 0 unspecified atom stereocenters. The highest BCUT2D eigenvalue weighted by molar-refractivity contribution is 6.78. The summed E-state index contributed by atoms with van der Waals surface area (Å²) in [6.07, 6.45) is 1.77. The number of aromatic hydroxyl groups is 1. The molecule has 2 aromatic rings. The number of hydrogen-bond donors (Lipinski definition) is 2. The van der Waals surface area contributed by atoms with Crippen LogP contribution in [0.25, 0.3) is 0 Å². The van der Waals surface area contributed by atoms with Crippen LogP contribution in [0.1, 0.15) is 90.6 Å². The SMILES string of the molecule is CC(C)[Si](Oc1cc(C=N[C@H]2c3ccccc3C[C@H]2O)c(O)c(C(C)(C)C)c1)(C(C)C)C(C)C. The molecule has 4 nitrogen and oxygen atoms in total. The molecule has 0 amide bonds. The number of nitrogens with zero attached hydrogens (tertiary/aromatic N) is 1. The van der Waals surface area contributed by atoms with Gasteiger partial charge in [-0.2, -0.15) is 0 Å². The number of phenolic OH excluding ortho intramolecular Hbond substituents is 1. The van der Waals surface area contributed by atoms with Crippen molar-refractivity contribution in [2.45, 2.75) is 103 Å². The van der Waals surface area contributed by atoms with E-state index in [0.717, 1.165) is 22.4 Å². The van der Waals surface area contributed by atoms with Gasteiger partial charge in [0.2, 0.25) is 0 Å². The number of fused-ring (bicyclic) bond motifs is 1. The van der Waals surface area contributed by atoms with Gasteiger partial charge in [0.15, 0.2) is 0 Å². The molecule has 0 fully saturated rings. The van der Waals surface area contributed by atoms with Crippen molar-refractivity contribution < 1.29 is 14.6 Å². The zero-order chi connectivity index (χ0) is 25.4. The molecule has 0 radical (unpaired) electrons. The highest BCUT2D eigenvalue weighted by Gasteiger charge is 2.47. The third-order valence-electron chi connectivity index (χ3n) is 7.46. The Morgan fingerprint density at radius 3 is 2.15 bits per heavy atom. The maximum Gasteiger partial charge on any atom is 0.258 e. The summed E-state index contributed by atoms with van der Waals surface area (Å²) in [5.41, 5.74) is 4.75. The van der Waals surface area contributed by atoms with E-state index in [1.165, 1.54) is 0 Å². The van der Waals surface area contributed by atoms with Gasteiger partial charge < -0.3 is 14.6 Å². The summed E-state index contributed by atoms with van der Waals surface area (Å²) < 4.78 is 6.98. The fourth-order valence-corrected chi connectivity index (χ4v) is 11.0. The Hall–Kier alpha value is -2.11. The second-order valence-electron chi connectivity index (χ2n) is 11.8. The van der Waals surface area contributed by atoms with Crippen LogP contribution in [0.3, 0.4) is 0 Å². The molecule has 0 saturated heterocycles. The van der Waals surface area contributed by atoms with Crippen LogP contribution in [0.4, 0.5) is 0 Å². The lowest BCUT2D eigenvalue weighted by molar-refractivity contribution is 0.159. The molecule has 2 atom stereocenters. The zero-order valence-electron chi connectivity index (χ0n) is 22.4. The molecule has 0 saturated carbocycles. The molecule has 186 valence electrons. The number of aliphatic hydroxyl groups excluding tert-OH is 1. The van der Waals surface area contributed by atoms with E-state index in [1.807, 2.05) is 36.4 Å². The average Bonchev–Trinajstić information content (AvgIpc) is 3.05. The van der Waals surface area contributed by atoms with Gasteiger partial charge in [0.25, 0.3) is 8.32 Å². The Balaban J connectivity index is 2.08. The molecule has 0 aromatic heterocycles. The van der Waals surface area contributed by atoms with Crippen molar-refractivity contribution in [2.75, 3.05) is 0 Å². The predicted molar refractivity (Wildman–Crippen MR) is 145 cm³/mol. The van der Waals surface area contributed by atoms with Crippen LogP contribution in [0, 0.1) is 0 Å². The maximum atomic E-state index is 11.2. The molecule has 0 spiro atoms. The van der Waals surface area contributed by atoms with Gasteiger partial charge in [-0.15, -0.1) is 0 Å². The van der Waals surface area contributed by atoms with Gasteiger partial charge in [0, 0.05) is 23.8 Å². The summed E-state index contributed by atoms with van der Waals surface area (Å²) in [7, 11) is -2.16. The Bertz CT molecular complexity index is 1010. The molecule has 1 aliphatic rings. The van der Waals surface area contributed by atoms with Gasteiger partial charge in [0.1, 0.15) is 17.5 Å². The normalized spacial score (nSPS) is 19.0. The van der Waals surface area contributed by atoms with Gasteiger partial charge in [-0.3, -0.25) is 4.99 Å². The first-order valence-electron chi connectivity index (χ1n) is 12.6. The van der Waals surface area contributed by atoms with E-state index in [-0.39, 0.29) is 17.2 Å². The topological polar surface area (TPSA) is 62.0 Å². The monoisotopic (exact) mass is 481 g/mol. The Morgan fingerprint density at radius 2 is 1.59 bits per heavy atom. The van der Waals surface area contributed by atoms with E-state index < -0.39 is 14.4 Å². The van der Waals surface area contributed by atoms with E-state index in [4.69, 9.17) is 9.42 Å². The maximum absolute atomic E-state index is 11.2. The molecule has 3 rings (SSSR count). The first-order chi connectivity index (χ1) is 15.8. The number of hydrogen-bond acceptors (Lipinski definition) is 4. The van der Waals surface area contributed by atoms with Gasteiger partial charge in [0.05, 0.1) is 6.10 Å². The fourth-order valence-electron chi connectivity index (χ4n) is 5.81. The highest BCUT2D eigenvalue weighted by atomic mass is 28.4. The second-order valence-corrected chi connectivity index (χ2v) is 17.1. The average molecular weight is 482 g/mol. The standard InChI is InChI=1S/C29H43NO3Si/c1-18(2)34(19(3)4,20(5)6)33-23-14-22(28(32)25(16-23)29(7,8)9)17-30-27-24-13-11-10-12-21(24)15-26(27)31/h10-14,16-20,26-27,31-32H,15H2,1-9H3/t26-,27+/m1/s1. The zero-order valence-corrected chi connectivity index (χ0v) is 23.4. The van der Waals surface area contributed by atoms with Crippen molar-refractivity contribution in [3.63, 3.8) is 0 Å². The largest absolute Gasteiger partial charge is 0.543 e. The van der Waals surface area contributed by atoms with E-state index >= 15 is 0 Å². The first-order valence-corrected chi connectivity index (χ1v) is 14.8. The molecular formula is C29H43NO3Si. The number of aliphatic imine (C=N–C) groups is 1. The third kappa shape index (κ3) is 4.96. The molecule has 34 heavy (non-hydrogen) atoms. The third-order valence-corrected chi connectivity index (χ3v) is 13.5. The Kier molecular flexibility index (Phi) is 7.69. The fraction of sp³-hybridized carbons (Fsp3) is 0.552. The van der Waals surface area contributed by atoms with Gasteiger partial charge in [-0.1, -0.05) is 86.6 Å². The summed E-state index contributed by atoms with van der Waals surface area (Å²) in [5, 5.41) is 21.8. The predicted octanol–water partition coefficient (Wildman–Crippen LogP) is 7.32. The van der Waals surface area contributed by atoms with E-state index in [0.29, 0.717) is 28.6 Å². The van der Waals surface area contributed by atoms with E-state index in [9.17, 15) is 10.2 Å². The number of benzene rings is 2. The minimum absolute atomic E-state index is 0.232. The lowest BCUT2D eigenvalue weighted by atomic mass is 9.85. The van der Waals surface area contributed by atoms with Crippen LogP contribution in [0.2, 0.25) is 16.6 Å². The summed E-state index contributed by atoms with van der Waals surface area (Å²) in [4.78, 5) is 4.76. The molecule has 0 bridgehead atoms. The lowest BCUT2D eigenvalue weighted by Gasteiger charge is -2.42. The Labute approximate surface area is 207 Å². The second kappa shape index (κ2) is 9.86. The summed E-state index contributed by atoms with van der Waals surface area (Å²) in [6, 6.07) is 11.7.